The molecular weight excluding hydrogens is 332 g/mol. The molecule has 5 heteroatoms. The maximum Gasteiger partial charge on any atom is 0.244 e. The van der Waals surface area contributed by atoms with Gasteiger partial charge in [-0.15, -0.1) is 0 Å². The zero-order valence-electron chi connectivity index (χ0n) is 11.5. The van der Waals surface area contributed by atoms with Gasteiger partial charge in [0.2, 0.25) is 5.91 Å². The van der Waals surface area contributed by atoms with Crippen molar-refractivity contribution in [3.05, 3.63) is 64.1 Å². The Kier molecular flexibility index (Phi) is 5.51. The van der Waals surface area contributed by atoms with E-state index >= 15 is 0 Å². The van der Waals surface area contributed by atoms with Gasteiger partial charge in [-0.1, -0.05) is 46.3 Å². The number of nitrogens with one attached hydrogen (secondary N) is 1. The third-order valence-corrected chi connectivity index (χ3v) is 3.53. The first-order valence-electron chi connectivity index (χ1n) is 6.38. The number of rotatable bonds is 5. The van der Waals surface area contributed by atoms with Crippen LogP contribution in [0.3, 0.4) is 0 Å². The Morgan fingerprint density at radius 1 is 1.29 bits per heavy atom. The lowest BCUT2D eigenvalue weighted by Gasteiger charge is -2.03. The predicted octanol–water partition coefficient (Wildman–Crippen LogP) is 3.15. The zero-order chi connectivity index (χ0) is 15.1. The van der Waals surface area contributed by atoms with Crippen molar-refractivity contribution in [3.63, 3.8) is 0 Å². The van der Waals surface area contributed by atoms with Crippen molar-refractivity contribution in [3.8, 4) is 5.75 Å². The molecule has 0 fully saturated rings. The average molecular weight is 347 g/mol. The number of carbonyl (C=O) groups excluding carboxylic acids is 1. The molecule has 2 rings (SSSR count). The number of ether oxygens (including phenoxy) is 1. The highest BCUT2D eigenvalue weighted by atomic mass is 79.9. The minimum absolute atomic E-state index is 0.156. The third-order valence-electron chi connectivity index (χ3n) is 2.80. The Morgan fingerprint density at radius 3 is 2.76 bits per heavy atom. The second-order valence-corrected chi connectivity index (χ2v) is 5.20. The van der Waals surface area contributed by atoms with Crippen LogP contribution in [0.2, 0.25) is 0 Å². The van der Waals surface area contributed by atoms with E-state index in [2.05, 4.69) is 26.5 Å². The van der Waals surface area contributed by atoms with Gasteiger partial charge in [-0.2, -0.15) is 5.10 Å². The van der Waals surface area contributed by atoms with Gasteiger partial charge >= 0.3 is 0 Å². The van der Waals surface area contributed by atoms with Crippen LogP contribution in [-0.2, 0) is 11.2 Å². The quantitative estimate of drug-likeness (QED) is 0.667. The lowest BCUT2D eigenvalue weighted by Crippen LogP contribution is -2.19. The van der Waals surface area contributed by atoms with E-state index in [9.17, 15) is 4.79 Å². The molecule has 1 amide bonds. The Morgan fingerprint density at radius 2 is 2.05 bits per heavy atom. The fraction of sp³-hybridized carbons (Fsp3) is 0.125. The van der Waals surface area contributed by atoms with Crippen molar-refractivity contribution < 1.29 is 9.53 Å². The number of carbonyl (C=O) groups is 1. The third kappa shape index (κ3) is 4.72. The van der Waals surface area contributed by atoms with Crippen LogP contribution < -0.4 is 10.2 Å². The molecule has 0 saturated carbocycles. The summed E-state index contributed by atoms with van der Waals surface area (Å²) in [5.74, 6) is 0.576. The standard InChI is InChI=1S/C16H15BrN2O2/c1-21-14-7-8-15(17)13(10-14)11-18-19-16(20)9-12-5-3-2-4-6-12/h2-8,10-11H,9H2,1H3,(H,19,20)/b18-11-. The van der Waals surface area contributed by atoms with Crippen LogP contribution in [0.5, 0.6) is 5.75 Å². The number of hydrazone groups is 1. The van der Waals surface area contributed by atoms with E-state index in [1.165, 1.54) is 0 Å². The molecule has 0 bridgehead atoms. The van der Waals surface area contributed by atoms with Crippen molar-refractivity contribution in [2.45, 2.75) is 6.42 Å². The van der Waals surface area contributed by atoms with Gasteiger partial charge < -0.3 is 4.74 Å². The summed E-state index contributed by atoms with van der Waals surface area (Å²) in [6.45, 7) is 0. The molecule has 0 aromatic heterocycles. The highest BCUT2D eigenvalue weighted by molar-refractivity contribution is 9.10. The second-order valence-electron chi connectivity index (χ2n) is 4.34. The Hall–Kier alpha value is -2.14. The van der Waals surface area contributed by atoms with Crippen LogP contribution in [0.1, 0.15) is 11.1 Å². The number of nitrogens with zero attached hydrogens (tertiary/aromatic N) is 1. The molecule has 0 aliphatic rings. The smallest absolute Gasteiger partial charge is 0.244 e. The fourth-order valence-corrected chi connectivity index (χ4v) is 2.09. The largest absolute Gasteiger partial charge is 0.497 e. The summed E-state index contributed by atoms with van der Waals surface area (Å²) in [5, 5.41) is 3.96. The van der Waals surface area contributed by atoms with Crippen molar-refractivity contribution in [2.75, 3.05) is 7.11 Å². The van der Waals surface area contributed by atoms with Crippen molar-refractivity contribution in [2.24, 2.45) is 5.10 Å². The topological polar surface area (TPSA) is 50.7 Å². The van der Waals surface area contributed by atoms with Gasteiger partial charge in [0, 0.05) is 10.0 Å². The summed E-state index contributed by atoms with van der Waals surface area (Å²) < 4.78 is 6.03. The molecule has 2 aromatic rings. The first-order chi connectivity index (χ1) is 10.2. The van der Waals surface area contributed by atoms with Gasteiger partial charge in [-0.3, -0.25) is 4.79 Å². The molecule has 1 N–H and O–H groups in total. The molecule has 0 aliphatic carbocycles. The normalized spacial score (nSPS) is 10.6. The lowest BCUT2D eigenvalue weighted by molar-refractivity contribution is -0.120. The van der Waals surface area contributed by atoms with Gasteiger partial charge in [-0.25, -0.2) is 5.43 Å². The number of hydrogen-bond donors (Lipinski definition) is 1. The van der Waals surface area contributed by atoms with E-state index in [-0.39, 0.29) is 5.91 Å². The van der Waals surface area contributed by atoms with Crippen LogP contribution in [0.25, 0.3) is 0 Å². The monoisotopic (exact) mass is 346 g/mol. The predicted molar refractivity (Wildman–Crippen MR) is 86.6 cm³/mol. The van der Waals surface area contributed by atoms with E-state index in [1.54, 1.807) is 13.3 Å². The number of hydrogen-bond acceptors (Lipinski definition) is 3. The molecule has 0 radical (unpaired) electrons. The minimum atomic E-state index is -0.156. The van der Waals surface area contributed by atoms with E-state index in [1.807, 2.05) is 48.5 Å². The Labute approximate surface area is 132 Å². The highest BCUT2D eigenvalue weighted by Gasteiger charge is 2.02. The first-order valence-corrected chi connectivity index (χ1v) is 7.17. The summed E-state index contributed by atoms with van der Waals surface area (Å²) in [5.41, 5.74) is 4.29. The van der Waals surface area contributed by atoms with Crippen molar-refractivity contribution >= 4 is 28.1 Å². The number of halogens is 1. The van der Waals surface area contributed by atoms with Gasteiger partial charge in [0.25, 0.3) is 0 Å². The molecule has 0 heterocycles. The van der Waals surface area contributed by atoms with Crippen LogP contribution in [-0.4, -0.2) is 19.2 Å². The van der Waals surface area contributed by atoms with Crippen LogP contribution >= 0.6 is 15.9 Å². The van der Waals surface area contributed by atoms with Gasteiger partial charge in [0.15, 0.2) is 0 Å². The lowest BCUT2D eigenvalue weighted by atomic mass is 10.1. The van der Waals surface area contributed by atoms with Crippen LogP contribution in [0.4, 0.5) is 0 Å². The molecule has 0 unspecified atom stereocenters. The van der Waals surface area contributed by atoms with Crippen LogP contribution in [0, 0.1) is 0 Å². The molecule has 0 aliphatic heterocycles. The first kappa shape index (κ1) is 15.3. The molecule has 108 valence electrons. The average Bonchev–Trinajstić information content (AvgIpc) is 2.50. The molecule has 0 saturated heterocycles. The maximum atomic E-state index is 11.7. The molecule has 21 heavy (non-hydrogen) atoms. The van der Waals surface area contributed by atoms with E-state index in [0.29, 0.717) is 6.42 Å². The van der Waals surface area contributed by atoms with E-state index < -0.39 is 0 Å². The molecular formula is C16H15BrN2O2. The Bertz CT molecular complexity index is 642. The summed E-state index contributed by atoms with van der Waals surface area (Å²) in [6, 6.07) is 15.1. The van der Waals surface area contributed by atoms with Gasteiger partial charge in [-0.05, 0) is 23.8 Å². The summed E-state index contributed by atoms with van der Waals surface area (Å²) in [4.78, 5) is 11.7. The maximum absolute atomic E-state index is 11.7. The number of amides is 1. The minimum Gasteiger partial charge on any atom is -0.497 e. The van der Waals surface area contributed by atoms with Gasteiger partial charge in [0.1, 0.15) is 5.75 Å². The summed E-state index contributed by atoms with van der Waals surface area (Å²) in [7, 11) is 1.60. The fourth-order valence-electron chi connectivity index (χ4n) is 1.74. The Balaban J connectivity index is 1.94. The summed E-state index contributed by atoms with van der Waals surface area (Å²) in [6.07, 6.45) is 1.88. The van der Waals surface area contributed by atoms with Crippen molar-refractivity contribution in [1.29, 1.82) is 0 Å². The second kappa shape index (κ2) is 7.59. The van der Waals surface area contributed by atoms with E-state index in [0.717, 1.165) is 21.3 Å². The molecule has 0 atom stereocenters. The highest BCUT2D eigenvalue weighted by Crippen LogP contribution is 2.20. The SMILES string of the molecule is COc1ccc(Br)c(/C=N\NC(=O)Cc2ccccc2)c1. The van der Waals surface area contributed by atoms with Crippen LogP contribution in [0.15, 0.2) is 58.1 Å². The molecule has 4 nitrogen and oxygen atoms in total. The summed E-state index contributed by atoms with van der Waals surface area (Å²) >= 11 is 3.42. The number of methoxy groups -OCH3 is 1. The molecule has 0 spiro atoms. The van der Waals surface area contributed by atoms with Gasteiger partial charge in [0.05, 0.1) is 19.7 Å². The zero-order valence-corrected chi connectivity index (χ0v) is 13.1. The number of benzene rings is 2. The van der Waals surface area contributed by atoms with Crippen molar-refractivity contribution in [1.82, 2.24) is 5.43 Å². The van der Waals surface area contributed by atoms with E-state index in [4.69, 9.17) is 4.74 Å². The molecule has 2 aromatic carbocycles.